The Morgan fingerprint density at radius 1 is 0.275 bits per heavy atom. The number of aliphatic hydroxyl groups excluding tert-OH is 3. The molecule has 0 rings (SSSR count). The van der Waals surface area contributed by atoms with Crippen LogP contribution < -0.4 is 16.0 Å². The number of amides is 6. The molecule has 0 aromatic rings. The minimum atomic E-state index is -0.794. The van der Waals surface area contributed by atoms with E-state index in [1.165, 1.54) is 188 Å². The molecule has 3 unspecified atom stereocenters. The molecule has 0 aliphatic rings. The Morgan fingerprint density at radius 2 is 0.451 bits per heavy atom. The Balaban J connectivity index is 6.00. The fraction of sp³-hybridized carbons (Fsp3) is 0.920. The second-order valence-corrected chi connectivity index (χ2v) is 27.7. The van der Waals surface area contributed by atoms with Gasteiger partial charge >= 0.3 is 0 Å². The van der Waals surface area contributed by atoms with Crippen LogP contribution in [0.5, 0.6) is 0 Å². The average Bonchev–Trinajstić information content (AvgIpc) is 2.01. The van der Waals surface area contributed by atoms with Crippen LogP contribution >= 0.6 is 0 Å². The van der Waals surface area contributed by atoms with Gasteiger partial charge in [-0.3, -0.25) is 33.7 Å². The van der Waals surface area contributed by atoms with Crippen LogP contribution in [0.4, 0.5) is 0 Å². The summed E-state index contributed by atoms with van der Waals surface area (Å²) in [5, 5.41) is 39.6. The maximum Gasteiger partial charge on any atom is 0.243 e. The zero-order valence-corrected chi connectivity index (χ0v) is 60.7. The van der Waals surface area contributed by atoms with Gasteiger partial charge in [-0.2, -0.15) is 0 Å². The van der Waals surface area contributed by atoms with E-state index in [1.54, 1.807) is 0 Å². The number of aliphatic hydroxyl groups is 3. The molecule has 0 saturated carbocycles. The Hall–Kier alpha value is -3.34. The number of hydrogen-bond acceptors (Lipinski definition) is 10. The van der Waals surface area contributed by atoms with Crippen LogP contribution in [0.2, 0.25) is 0 Å². The summed E-state index contributed by atoms with van der Waals surface area (Å²) < 4.78 is 0. The zero-order chi connectivity index (χ0) is 67.5. The smallest absolute Gasteiger partial charge is 0.243 e. The monoisotopic (exact) mass is 1290 g/mol. The van der Waals surface area contributed by atoms with Crippen molar-refractivity contribution < 1.29 is 44.1 Å². The van der Waals surface area contributed by atoms with Gasteiger partial charge in [0.25, 0.3) is 0 Å². The maximum absolute atomic E-state index is 14.2. The summed E-state index contributed by atoms with van der Waals surface area (Å²) in [6.45, 7) is 19.1. The lowest BCUT2D eigenvalue weighted by molar-refractivity contribution is -0.143. The third-order valence-electron chi connectivity index (χ3n) is 18.4. The van der Waals surface area contributed by atoms with Gasteiger partial charge in [-0.1, -0.05) is 293 Å². The molecule has 16 heteroatoms. The summed E-state index contributed by atoms with van der Waals surface area (Å²) in [4.78, 5) is 90.5. The first-order valence-corrected chi connectivity index (χ1v) is 38.3. The van der Waals surface area contributed by atoms with Crippen molar-refractivity contribution in [3.8, 4) is 0 Å². The lowest BCUT2D eigenvalue weighted by Gasteiger charge is -2.34. The molecule has 0 fully saturated rings. The molecule has 0 saturated heterocycles. The van der Waals surface area contributed by atoms with Crippen molar-refractivity contribution in [2.24, 2.45) is 17.8 Å². The molecule has 0 aromatic carbocycles. The van der Waals surface area contributed by atoms with E-state index in [-0.39, 0.29) is 112 Å². The molecule has 0 heterocycles. The van der Waals surface area contributed by atoms with Crippen molar-refractivity contribution in [1.29, 1.82) is 0 Å². The van der Waals surface area contributed by atoms with Crippen LogP contribution in [-0.2, 0) is 28.8 Å². The van der Waals surface area contributed by atoms with Gasteiger partial charge in [0.05, 0.1) is 19.8 Å². The van der Waals surface area contributed by atoms with Crippen molar-refractivity contribution in [3.63, 3.8) is 0 Å². The van der Waals surface area contributed by atoms with Crippen LogP contribution in [-0.4, -0.2) is 167 Å². The maximum atomic E-state index is 14.2. The number of carbonyl (C=O) groups is 6. The molecule has 6 N–H and O–H groups in total. The van der Waals surface area contributed by atoms with Crippen LogP contribution in [0.1, 0.15) is 332 Å². The normalized spacial score (nSPS) is 12.7. The van der Waals surface area contributed by atoms with E-state index in [2.05, 4.69) is 36.7 Å². The Morgan fingerprint density at radius 3 is 0.615 bits per heavy atom. The highest BCUT2D eigenvalue weighted by molar-refractivity contribution is 5.89. The minimum Gasteiger partial charge on any atom is -0.395 e. The Kier molecular flexibility index (Phi) is 59.3. The average molecular weight is 1290 g/mol. The second kappa shape index (κ2) is 61.5. The predicted octanol–water partition coefficient (Wildman–Crippen LogP) is 14.6. The predicted molar refractivity (Wildman–Crippen MR) is 379 cm³/mol. The molecule has 91 heavy (non-hydrogen) atoms. The molecule has 0 aliphatic carbocycles. The molecule has 536 valence electrons. The molecule has 0 aromatic heterocycles. The second-order valence-electron chi connectivity index (χ2n) is 27.7. The fourth-order valence-electron chi connectivity index (χ4n) is 13.0. The highest BCUT2D eigenvalue weighted by atomic mass is 16.3. The quantitative estimate of drug-likeness (QED) is 0.0317. The first kappa shape index (κ1) is 87.7. The largest absolute Gasteiger partial charge is 0.395 e. The number of hydrogen-bond donors (Lipinski definition) is 6. The molecule has 0 bridgehead atoms. The van der Waals surface area contributed by atoms with Gasteiger partial charge in [0.1, 0.15) is 18.1 Å². The van der Waals surface area contributed by atoms with Crippen LogP contribution in [0, 0.1) is 17.8 Å². The number of nitrogens with zero attached hydrogens (tertiary/aromatic N) is 4. The van der Waals surface area contributed by atoms with Crippen LogP contribution in [0.25, 0.3) is 0 Å². The Labute approximate surface area is 559 Å². The third-order valence-corrected chi connectivity index (χ3v) is 18.4. The molecule has 0 aliphatic heterocycles. The standard InChI is InChI=1S/C75H147N7O9/c1-10-13-16-19-22-25-28-31-34-37-40-43-46-49-67(86)80(58-61-83)70(64(4)5)73(89)76-52-55-79(56-53-77-74(90)71(65(6)7)81(59-62-84)68(87)50-47-44-41-38-35-32-29-26-23-20-17-14-11-2)57-54-78-75(91)72(66(8)9)82(60-63-85)69(88)51-48-45-42-39-36-33-30-27-24-21-18-15-12-3/h64-66,70-72,83-85H,10-63H2,1-9H3,(H,76,89)(H,77,90)(H,78,91). The first-order valence-electron chi connectivity index (χ1n) is 38.3. The molecule has 0 spiro atoms. The number of carbonyl (C=O) groups excluding carboxylic acids is 6. The third kappa shape index (κ3) is 45.6. The van der Waals surface area contributed by atoms with Crippen molar-refractivity contribution in [2.75, 3.05) is 78.7 Å². The molecule has 0 radical (unpaired) electrons. The highest BCUT2D eigenvalue weighted by Gasteiger charge is 2.35. The van der Waals surface area contributed by atoms with E-state index in [0.717, 1.165) is 77.0 Å². The Bertz CT molecular complexity index is 1560. The number of unbranched alkanes of at least 4 members (excludes halogenated alkanes) is 36. The molecular weight excluding hydrogens is 1140 g/mol. The van der Waals surface area contributed by atoms with Gasteiger partial charge in [-0.15, -0.1) is 0 Å². The van der Waals surface area contributed by atoms with E-state index in [0.29, 0.717) is 38.9 Å². The minimum absolute atomic E-state index is 0.0509. The van der Waals surface area contributed by atoms with E-state index < -0.39 is 18.1 Å². The number of rotatable bonds is 66. The summed E-state index contributed by atoms with van der Waals surface area (Å²) in [5.41, 5.74) is 0. The summed E-state index contributed by atoms with van der Waals surface area (Å²) >= 11 is 0. The van der Waals surface area contributed by atoms with E-state index in [9.17, 15) is 44.1 Å². The fourth-order valence-corrected chi connectivity index (χ4v) is 13.0. The van der Waals surface area contributed by atoms with Gasteiger partial charge < -0.3 is 46.0 Å². The number of nitrogens with one attached hydrogen (secondary N) is 3. The van der Waals surface area contributed by atoms with Crippen molar-refractivity contribution in [2.45, 2.75) is 350 Å². The summed E-state index contributed by atoms with van der Waals surface area (Å²) in [6, 6.07) is -2.38. The topological polar surface area (TPSA) is 212 Å². The zero-order valence-electron chi connectivity index (χ0n) is 60.7. The lowest BCUT2D eigenvalue weighted by Crippen LogP contribution is -2.55. The molecular formula is C75H147N7O9. The lowest BCUT2D eigenvalue weighted by atomic mass is 10.00. The van der Waals surface area contributed by atoms with Crippen molar-refractivity contribution >= 4 is 35.4 Å². The summed E-state index contributed by atoms with van der Waals surface area (Å²) in [7, 11) is 0. The summed E-state index contributed by atoms with van der Waals surface area (Å²) in [6.07, 6.45) is 47.7. The molecule has 6 amide bonds. The van der Waals surface area contributed by atoms with Gasteiger partial charge in [-0.05, 0) is 37.0 Å². The van der Waals surface area contributed by atoms with Gasteiger partial charge in [0.15, 0.2) is 0 Å². The summed E-state index contributed by atoms with van der Waals surface area (Å²) in [5.74, 6) is -2.07. The van der Waals surface area contributed by atoms with Gasteiger partial charge in [-0.25, -0.2) is 0 Å². The van der Waals surface area contributed by atoms with E-state index in [4.69, 9.17) is 0 Å². The van der Waals surface area contributed by atoms with Crippen LogP contribution in [0.15, 0.2) is 0 Å². The van der Waals surface area contributed by atoms with Crippen molar-refractivity contribution in [1.82, 2.24) is 35.6 Å². The first-order chi connectivity index (χ1) is 44.1. The highest BCUT2D eigenvalue weighted by Crippen LogP contribution is 2.21. The van der Waals surface area contributed by atoms with E-state index in [1.807, 2.05) is 46.4 Å². The van der Waals surface area contributed by atoms with E-state index >= 15 is 0 Å². The molecule has 16 nitrogen and oxygen atoms in total. The van der Waals surface area contributed by atoms with Gasteiger partial charge in [0, 0.05) is 78.2 Å². The van der Waals surface area contributed by atoms with Gasteiger partial charge in [0.2, 0.25) is 35.4 Å². The SMILES string of the molecule is CCCCCCCCCCCCCCCC(=O)N(CCO)C(C(=O)NCCN(CCNC(=O)C(C(C)C)N(CCO)C(=O)CCCCCCCCCCCCCCC)CCNC(=O)C(C(C)C)N(CCO)C(=O)CCCCCCCCCCCCCCC)C(C)C. The van der Waals surface area contributed by atoms with Crippen molar-refractivity contribution in [3.05, 3.63) is 0 Å². The van der Waals surface area contributed by atoms with Crippen LogP contribution in [0.3, 0.4) is 0 Å². The molecule has 3 atom stereocenters.